The number of nitrogens with zero attached hydrogens (tertiary/aromatic N) is 2. The lowest BCUT2D eigenvalue weighted by Gasteiger charge is -2.22. The van der Waals surface area contributed by atoms with Crippen molar-refractivity contribution in [3.05, 3.63) is 27.8 Å². The number of anilines is 2. The first-order chi connectivity index (χ1) is 9.54. The molecule has 1 aromatic carbocycles. The van der Waals surface area contributed by atoms with E-state index in [-0.39, 0.29) is 11.6 Å². The van der Waals surface area contributed by atoms with Crippen molar-refractivity contribution >= 4 is 23.0 Å². The number of rotatable bonds is 2. The maximum absolute atomic E-state index is 11.4. The van der Waals surface area contributed by atoms with Crippen molar-refractivity contribution in [2.75, 3.05) is 23.3 Å². The zero-order valence-electron chi connectivity index (χ0n) is 10.8. The highest BCUT2D eigenvalue weighted by Crippen LogP contribution is 2.37. The fraction of sp³-hybridized carbons (Fsp3) is 0.462. The molecule has 1 unspecified atom stereocenters. The molecule has 7 heteroatoms. The van der Waals surface area contributed by atoms with Gasteiger partial charge in [0.25, 0.3) is 5.69 Å². The van der Waals surface area contributed by atoms with Gasteiger partial charge in [-0.25, -0.2) is 0 Å². The van der Waals surface area contributed by atoms with Gasteiger partial charge in [0.05, 0.1) is 16.7 Å². The van der Waals surface area contributed by atoms with Crippen LogP contribution in [0.3, 0.4) is 0 Å². The molecule has 0 aliphatic carbocycles. The van der Waals surface area contributed by atoms with Crippen LogP contribution in [-0.4, -0.2) is 35.1 Å². The third-order valence-electron chi connectivity index (χ3n) is 3.80. The minimum Gasteiger partial charge on any atom is -0.391 e. The molecule has 0 saturated carbocycles. The SMILES string of the molecule is O=C1CCc2cc(N3CCC(O)C3)c([N+](=O)[O-])cc2N1. The Morgan fingerprint density at radius 3 is 2.85 bits per heavy atom. The summed E-state index contributed by atoms with van der Waals surface area (Å²) in [6, 6.07) is 3.19. The van der Waals surface area contributed by atoms with Crippen molar-refractivity contribution < 1.29 is 14.8 Å². The molecule has 0 spiro atoms. The van der Waals surface area contributed by atoms with Crippen LogP contribution >= 0.6 is 0 Å². The van der Waals surface area contributed by atoms with Crippen LogP contribution in [0.4, 0.5) is 17.1 Å². The fourth-order valence-electron chi connectivity index (χ4n) is 2.76. The monoisotopic (exact) mass is 277 g/mol. The molecule has 0 bridgehead atoms. The van der Waals surface area contributed by atoms with Crippen LogP contribution in [0, 0.1) is 10.1 Å². The van der Waals surface area contributed by atoms with Gasteiger partial charge < -0.3 is 15.3 Å². The Balaban J connectivity index is 2.04. The molecule has 7 nitrogen and oxygen atoms in total. The maximum atomic E-state index is 11.4. The number of nitro groups is 1. The highest BCUT2D eigenvalue weighted by Gasteiger charge is 2.29. The molecule has 106 valence electrons. The molecular formula is C13H15N3O4. The summed E-state index contributed by atoms with van der Waals surface area (Å²) < 4.78 is 0. The number of aliphatic hydroxyl groups is 1. The maximum Gasteiger partial charge on any atom is 0.294 e. The van der Waals surface area contributed by atoms with Crippen LogP contribution in [0.5, 0.6) is 0 Å². The first-order valence-corrected chi connectivity index (χ1v) is 6.59. The van der Waals surface area contributed by atoms with Gasteiger partial charge in [0, 0.05) is 25.6 Å². The number of carbonyl (C=O) groups excluding carboxylic acids is 1. The van der Waals surface area contributed by atoms with Gasteiger partial charge in [-0.05, 0) is 24.5 Å². The van der Waals surface area contributed by atoms with Crippen molar-refractivity contribution in [2.45, 2.75) is 25.4 Å². The molecule has 1 amide bonds. The molecule has 1 fully saturated rings. The van der Waals surface area contributed by atoms with Crippen molar-refractivity contribution in [1.29, 1.82) is 0 Å². The van der Waals surface area contributed by atoms with E-state index in [4.69, 9.17) is 0 Å². The predicted octanol–water partition coefficient (Wildman–Crippen LogP) is 1.05. The van der Waals surface area contributed by atoms with Crippen molar-refractivity contribution in [3.8, 4) is 0 Å². The fourth-order valence-corrected chi connectivity index (χ4v) is 2.76. The van der Waals surface area contributed by atoms with Gasteiger partial charge in [0.15, 0.2) is 0 Å². The summed E-state index contributed by atoms with van der Waals surface area (Å²) in [5.41, 5.74) is 1.93. The lowest BCUT2D eigenvalue weighted by Crippen LogP contribution is -2.24. The highest BCUT2D eigenvalue weighted by atomic mass is 16.6. The molecule has 2 aliphatic rings. The quantitative estimate of drug-likeness (QED) is 0.622. The summed E-state index contributed by atoms with van der Waals surface area (Å²) in [6.07, 6.45) is 1.16. The Kier molecular flexibility index (Phi) is 3.06. The van der Waals surface area contributed by atoms with Gasteiger partial charge in [-0.1, -0.05) is 0 Å². The van der Waals surface area contributed by atoms with Crippen LogP contribution in [0.15, 0.2) is 12.1 Å². The van der Waals surface area contributed by atoms with Crippen LogP contribution in [0.2, 0.25) is 0 Å². The zero-order valence-corrected chi connectivity index (χ0v) is 10.8. The Labute approximate surface area is 115 Å². The number of hydrogen-bond acceptors (Lipinski definition) is 5. The second-order valence-corrected chi connectivity index (χ2v) is 5.19. The largest absolute Gasteiger partial charge is 0.391 e. The molecule has 2 heterocycles. The normalized spacial score (nSPS) is 21.6. The molecule has 1 saturated heterocycles. The van der Waals surface area contributed by atoms with Gasteiger partial charge in [0.1, 0.15) is 5.69 Å². The molecule has 1 aromatic rings. The molecule has 2 aliphatic heterocycles. The van der Waals surface area contributed by atoms with Crippen LogP contribution in [0.25, 0.3) is 0 Å². The first-order valence-electron chi connectivity index (χ1n) is 6.59. The number of nitrogens with one attached hydrogen (secondary N) is 1. The van der Waals surface area contributed by atoms with Crippen molar-refractivity contribution in [2.24, 2.45) is 0 Å². The Morgan fingerprint density at radius 1 is 1.40 bits per heavy atom. The summed E-state index contributed by atoms with van der Waals surface area (Å²) in [4.78, 5) is 24.0. The molecule has 0 aromatic heterocycles. The van der Waals surface area contributed by atoms with E-state index in [1.807, 2.05) is 4.90 Å². The summed E-state index contributed by atoms with van der Waals surface area (Å²) in [5, 5.41) is 23.5. The molecule has 20 heavy (non-hydrogen) atoms. The summed E-state index contributed by atoms with van der Waals surface area (Å²) in [5.74, 6) is -0.115. The lowest BCUT2D eigenvalue weighted by atomic mass is 10.0. The summed E-state index contributed by atoms with van der Waals surface area (Å²) >= 11 is 0. The number of aliphatic hydroxyl groups excluding tert-OH is 1. The van der Waals surface area contributed by atoms with E-state index in [2.05, 4.69) is 5.32 Å². The topological polar surface area (TPSA) is 95.7 Å². The highest BCUT2D eigenvalue weighted by molar-refractivity contribution is 5.95. The second kappa shape index (κ2) is 4.75. The van der Waals surface area contributed by atoms with Crippen molar-refractivity contribution in [1.82, 2.24) is 0 Å². The van der Waals surface area contributed by atoms with E-state index in [1.54, 1.807) is 6.07 Å². The molecule has 1 atom stereocenters. The average Bonchev–Trinajstić information content (AvgIpc) is 2.83. The van der Waals surface area contributed by atoms with Crippen LogP contribution in [0.1, 0.15) is 18.4 Å². The average molecular weight is 277 g/mol. The predicted molar refractivity (Wildman–Crippen MR) is 72.9 cm³/mol. The van der Waals surface area contributed by atoms with Gasteiger partial charge >= 0.3 is 0 Å². The number of nitro benzene ring substituents is 1. The van der Waals surface area contributed by atoms with E-state index < -0.39 is 11.0 Å². The van der Waals surface area contributed by atoms with Crippen LogP contribution in [-0.2, 0) is 11.2 Å². The summed E-state index contributed by atoms with van der Waals surface area (Å²) in [7, 11) is 0. The number of β-amino-alcohol motifs (C(OH)–C–C–N with tert-alkyl or cyclic N) is 1. The number of fused-ring (bicyclic) bond motifs is 1. The number of amides is 1. The van der Waals surface area contributed by atoms with Gasteiger partial charge in [0.2, 0.25) is 5.91 Å². The van der Waals surface area contributed by atoms with Crippen LogP contribution < -0.4 is 10.2 Å². The molecule has 2 N–H and O–H groups in total. The standard InChI is InChI=1S/C13H15N3O4/c17-9-3-4-15(7-9)11-5-8-1-2-13(18)14-10(8)6-12(11)16(19)20/h5-6,9,17H,1-4,7H2,(H,14,18). The first kappa shape index (κ1) is 12.9. The second-order valence-electron chi connectivity index (χ2n) is 5.19. The number of hydrogen-bond donors (Lipinski definition) is 2. The smallest absolute Gasteiger partial charge is 0.294 e. The van der Waals surface area contributed by atoms with E-state index in [0.29, 0.717) is 43.7 Å². The minimum absolute atomic E-state index is 0.0277. The number of carbonyl (C=O) groups is 1. The van der Waals surface area contributed by atoms with Gasteiger partial charge in [-0.15, -0.1) is 0 Å². The molecular weight excluding hydrogens is 262 g/mol. The summed E-state index contributed by atoms with van der Waals surface area (Å²) in [6.45, 7) is 1.01. The Bertz CT molecular complexity index is 587. The molecule has 0 radical (unpaired) electrons. The van der Waals surface area contributed by atoms with E-state index in [0.717, 1.165) is 5.56 Å². The third-order valence-corrected chi connectivity index (χ3v) is 3.80. The number of aryl methyl sites for hydroxylation is 1. The molecule has 3 rings (SSSR count). The third kappa shape index (κ3) is 2.20. The number of benzene rings is 1. The Morgan fingerprint density at radius 2 is 2.20 bits per heavy atom. The van der Waals surface area contributed by atoms with Gasteiger partial charge in [-0.2, -0.15) is 0 Å². The van der Waals surface area contributed by atoms with E-state index in [9.17, 15) is 20.0 Å². The van der Waals surface area contributed by atoms with Crippen molar-refractivity contribution in [3.63, 3.8) is 0 Å². The van der Waals surface area contributed by atoms with Gasteiger partial charge in [-0.3, -0.25) is 14.9 Å². The Hall–Kier alpha value is -2.15. The van der Waals surface area contributed by atoms with E-state index in [1.165, 1.54) is 6.07 Å². The zero-order chi connectivity index (χ0) is 14.3. The lowest BCUT2D eigenvalue weighted by molar-refractivity contribution is -0.384. The minimum atomic E-state index is -0.443. The van der Waals surface area contributed by atoms with E-state index >= 15 is 0 Å².